The number of ether oxygens (including phenoxy) is 2. The second-order valence-corrected chi connectivity index (χ2v) is 5.70. The molecule has 0 radical (unpaired) electrons. The van der Waals surface area contributed by atoms with E-state index in [2.05, 4.69) is 5.32 Å². The zero-order chi connectivity index (χ0) is 18.6. The second-order valence-electron chi connectivity index (χ2n) is 5.70. The predicted octanol–water partition coefficient (Wildman–Crippen LogP) is 1.14. The van der Waals surface area contributed by atoms with Crippen LogP contribution in [-0.4, -0.2) is 48.6 Å². The highest BCUT2D eigenvalue weighted by Gasteiger charge is 2.05. The topological polar surface area (TPSA) is 100 Å². The molecule has 0 bridgehead atoms. The molecule has 0 aromatic heterocycles. The molecule has 0 saturated heterocycles. The van der Waals surface area contributed by atoms with E-state index in [4.69, 9.17) is 14.7 Å². The number of hydrogen-bond donors (Lipinski definition) is 4. The predicted molar refractivity (Wildman–Crippen MR) is 96.4 cm³/mol. The molecule has 0 spiro atoms. The largest absolute Gasteiger partial charge is 0.491 e. The SMILES string of the molecule is O=C(COc1ccc(CCNCC(O)COc2ccccc2)cc1)NO. The van der Waals surface area contributed by atoms with Gasteiger partial charge in [-0.05, 0) is 42.8 Å². The zero-order valence-corrected chi connectivity index (χ0v) is 14.4. The van der Waals surface area contributed by atoms with Gasteiger partial charge in [-0.2, -0.15) is 0 Å². The molecule has 0 heterocycles. The summed E-state index contributed by atoms with van der Waals surface area (Å²) in [5.41, 5.74) is 2.61. The van der Waals surface area contributed by atoms with Crippen molar-refractivity contribution < 1.29 is 24.6 Å². The first kappa shape index (κ1) is 19.7. The number of hydrogen-bond acceptors (Lipinski definition) is 6. The molecule has 4 N–H and O–H groups in total. The summed E-state index contributed by atoms with van der Waals surface area (Å²) in [6.07, 6.45) is 0.215. The molecule has 0 fully saturated rings. The number of carbonyl (C=O) groups excluding carboxylic acids is 1. The Hall–Kier alpha value is -2.61. The van der Waals surface area contributed by atoms with Crippen molar-refractivity contribution in [1.29, 1.82) is 0 Å². The fourth-order valence-corrected chi connectivity index (χ4v) is 2.20. The summed E-state index contributed by atoms with van der Waals surface area (Å²) in [4.78, 5) is 10.9. The first-order valence-electron chi connectivity index (χ1n) is 8.38. The van der Waals surface area contributed by atoms with E-state index in [-0.39, 0.29) is 13.2 Å². The Bertz CT molecular complexity index is 649. The molecular weight excluding hydrogens is 336 g/mol. The molecule has 0 saturated carbocycles. The second kappa shape index (κ2) is 11.1. The number of aliphatic hydroxyl groups is 1. The molecule has 0 aliphatic heterocycles. The van der Waals surface area contributed by atoms with E-state index in [1.54, 1.807) is 12.1 Å². The monoisotopic (exact) mass is 360 g/mol. The van der Waals surface area contributed by atoms with Gasteiger partial charge in [-0.15, -0.1) is 0 Å². The van der Waals surface area contributed by atoms with Crippen LogP contribution in [-0.2, 0) is 11.2 Å². The fraction of sp³-hybridized carbons (Fsp3) is 0.316. The molecule has 26 heavy (non-hydrogen) atoms. The Balaban J connectivity index is 1.59. The summed E-state index contributed by atoms with van der Waals surface area (Å²) >= 11 is 0. The van der Waals surface area contributed by atoms with Crippen molar-refractivity contribution in [3.63, 3.8) is 0 Å². The lowest BCUT2D eigenvalue weighted by molar-refractivity contribution is -0.131. The van der Waals surface area contributed by atoms with Crippen molar-refractivity contribution in [2.45, 2.75) is 12.5 Å². The molecule has 1 amide bonds. The number of amides is 1. The average Bonchev–Trinajstić information content (AvgIpc) is 2.69. The number of hydroxylamine groups is 1. The maximum atomic E-state index is 10.9. The van der Waals surface area contributed by atoms with Gasteiger partial charge in [0.25, 0.3) is 5.91 Å². The van der Waals surface area contributed by atoms with E-state index in [0.29, 0.717) is 12.3 Å². The van der Waals surface area contributed by atoms with Gasteiger partial charge in [-0.1, -0.05) is 30.3 Å². The molecule has 2 rings (SSSR count). The van der Waals surface area contributed by atoms with Crippen LogP contribution in [0.1, 0.15) is 5.56 Å². The van der Waals surface area contributed by atoms with Crippen LogP contribution < -0.4 is 20.3 Å². The molecule has 2 aromatic carbocycles. The van der Waals surface area contributed by atoms with Gasteiger partial charge in [0, 0.05) is 6.54 Å². The van der Waals surface area contributed by atoms with Gasteiger partial charge in [0.2, 0.25) is 0 Å². The minimum Gasteiger partial charge on any atom is -0.491 e. The lowest BCUT2D eigenvalue weighted by Gasteiger charge is -2.13. The van der Waals surface area contributed by atoms with Gasteiger partial charge in [0.05, 0.1) is 0 Å². The van der Waals surface area contributed by atoms with Crippen LogP contribution in [0.2, 0.25) is 0 Å². The van der Waals surface area contributed by atoms with Crippen molar-refractivity contribution in [2.24, 2.45) is 0 Å². The summed E-state index contributed by atoms with van der Waals surface area (Å²) in [7, 11) is 0. The van der Waals surface area contributed by atoms with Crippen LogP contribution in [0.4, 0.5) is 0 Å². The molecule has 140 valence electrons. The summed E-state index contributed by atoms with van der Waals surface area (Å²) in [6, 6.07) is 16.7. The number of rotatable bonds is 11. The third-order valence-electron chi connectivity index (χ3n) is 3.57. The van der Waals surface area contributed by atoms with Gasteiger partial charge >= 0.3 is 0 Å². The highest BCUT2D eigenvalue weighted by Crippen LogP contribution is 2.12. The Labute approximate surface area is 152 Å². The van der Waals surface area contributed by atoms with Crippen molar-refractivity contribution in [2.75, 3.05) is 26.3 Å². The molecule has 2 aromatic rings. The summed E-state index contributed by atoms with van der Waals surface area (Å²) in [5, 5.41) is 21.5. The Morgan fingerprint density at radius 2 is 1.69 bits per heavy atom. The van der Waals surface area contributed by atoms with Gasteiger partial charge in [0.1, 0.15) is 24.2 Å². The number of aliphatic hydroxyl groups excluding tert-OH is 1. The molecule has 0 aliphatic carbocycles. The highest BCUT2D eigenvalue weighted by molar-refractivity contribution is 5.76. The van der Waals surface area contributed by atoms with Gasteiger partial charge in [-0.25, -0.2) is 5.48 Å². The van der Waals surface area contributed by atoms with E-state index < -0.39 is 12.0 Å². The van der Waals surface area contributed by atoms with Crippen molar-refractivity contribution in [3.05, 3.63) is 60.2 Å². The third kappa shape index (κ3) is 7.52. The Morgan fingerprint density at radius 1 is 1.00 bits per heavy atom. The lowest BCUT2D eigenvalue weighted by atomic mass is 10.1. The zero-order valence-electron chi connectivity index (χ0n) is 14.4. The van der Waals surface area contributed by atoms with Crippen molar-refractivity contribution in [1.82, 2.24) is 10.8 Å². The Kier molecular flexibility index (Phi) is 8.41. The number of nitrogens with one attached hydrogen (secondary N) is 2. The van der Waals surface area contributed by atoms with Crippen LogP contribution in [0.5, 0.6) is 11.5 Å². The first-order valence-corrected chi connectivity index (χ1v) is 8.38. The van der Waals surface area contributed by atoms with Crippen LogP contribution in [0, 0.1) is 0 Å². The van der Waals surface area contributed by atoms with E-state index in [9.17, 15) is 9.90 Å². The minimum atomic E-state index is -0.604. The van der Waals surface area contributed by atoms with Gasteiger partial charge < -0.3 is 19.9 Å². The van der Waals surface area contributed by atoms with Gasteiger partial charge in [-0.3, -0.25) is 10.0 Å². The van der Waals surface area contributed by atoms with E-state index in [1.165, 1.54) is 5.48 Å². The maximum absolute atomic E-state index is 10.9. The summed E-state index contributed by atoms with van der Waals surface area (Å²) < 4.78 is 10.7. The molecule has 1 atom stereocenters. The van der Waals surface area contributed by atoms with Crippen LogP contribution in [0.3, 0.4) is 0 Å². The van der Waals surface area contributed by atoms with Crippen LogP contribution >= 0.6 is 0 Å². The third-order valence-corrected chi connectivity index (χ3v) is 3.57. The highest BCUT2D eigenvalue weighted by atomic mass is 16.5. The van der Waals surface area contributed by atoms with Crippen LogP contribution in [0.25, 0.3) is 0 Å². The lowest BCUT2D eigenvalue weighted by Crippen LogP contribution is -2.32. The smallest absolute Gasteiger partial charge is 0.281 e. The number of para-hydroxylation sites is 1. The number of carbonyl (C=O) groups is 1. The van der Waals surface area contributed by atoms with Crippen molar-refractivity contribution in [3.8, 4) is 11.5 Å². The molecule has 0 aliphatic rings. The standard InChI is InChI=1S/C19H24N2O5/c22-16(13-25-17-4-2-1-3-5-17)12-20-11-10-15-6-8-18(9-7-15)26-14-19(23)21-24/h1-9,16,20,22,24H,10-14H2,(H,21,23). The van der Waals surface area contributed by atoms with Crippen molar-refractivity contribution >= 4 is 5.91 Å². The van der Waals surface area contributed by atoms with E-state index in [0.717, 1.165) is 24.3 Å². The summed E-state index contributed by atoms with van der Waals surface area (Å²) in [5.74, 6) is 0.692. The summed E-state index contributed by atoms with van der Waals surface area (Å²) in [6.45, 7) is 1.17. The number of benzene rings is 2. The molecule has 7 nitrogen and oxygen atoms in total. The average molecular weight is 360 g/mol. The van der Waals surface area contributed by atoms with E-state index in [1.807, 2.05) is 42.5 Å². The minimum absolute atomic E-state index is 0.236. The Morgan fingerprint density at radius 3 is 2.38 bits per heavy atom. The first-order chi connectivity index (χ1) is 12.7. The van der Waals surface area contributed by atoms with E-state index >= 15 is 0 Å². The van der Waals surface area contributed by atoms with Crippen LogP contribution in [0.15, 0.2) is 54.6 Å². The molecular formula is C19H24N2O5. The quantitative estimate of drug-likeness (QED) is 0.272. The fourth-order valence-electron chi connectivity index (χ4n) is 2.20. The van der Waals surface area contributed by atoms with Gasteiger partial charge in [0.15, 0.2) is 6.61 Å². The molecule has 7 heteroatoms. The molecule has 1 unspecified atom stereocenters. The normalized spacial score (nSPS) is 11.6. The maximum Gasteiger partial charge on any atom is 0.281 e.